The minimum absolute atomic E-state index is 0.224. The SMILES string of the molecule is Cc1ccc(C)c(NC(=O)Nc2cccc(CNc3cn[nH]c3C(N)=O)c2)c1. The summed E-state index contributed by atoms with van der Waals surface area (Å²) < 4.78 is 0. The van der Waals surface area contributed by atoms with Gasteiger partial charge in [-0.05, 0) is 48.7 Å². The predicted octanol–water partition coefficient (Wildman–Crippen LogP) is 3.38. The van der Waals surface area contributed by atoms with Gasteiger partial charge >= 0.3 is 6.03 Å². The van der Waals surface area contributed by atoms with Gasteiger partial charge < -0.3 is 21.7 Å². The van der Waals surface area contributed by atoms with E-state index in [-0.39, 0.29) is 11.7 Å². The van der Waals surface area contributed by atoms with Crippen molar-refractivity contribution in [1.29, 1.82) is 0 Å². The maximum atomic E-state index is 12.3. The normalized spacial score (nSPS) is 10.4. The van der Waals surface area contributed by atoms with Gasteiger partial charge in [0.05, 0.1) is 11.9 Å². The van der Waals surface area contributed by atoms with E-state index in [0.717, 1.165) is 22.4 Å². The van der Waals surface area contributed by atoms with E-state index in [1.807, 2.05) is 50.2 Å². The number of aryl methyl sites for hydroxylation is 2. The molecule has 0 unspecified atom stereocenters. The van der Waals surface area contributed by atoms with Crippen molar-refractivity contribution in [3.8, 4) is 0 Å². The highest BCUT2D eigenvalue weighted by Crippen LogP contribution is 2.18. The number of primary amides is 1. The number of anilines is 3. The van der Waals surface area contributed by atoms with Gasteiger partial charge in [-0.25, -0.2) is 4.79 Å². The minimum Gasteiger partial charge on any atom is -0.378 e. The molecule has 0 saturated heterocycles. The van der Waals surface area contributed by atoms with Gasteiger partial charge in [0.2, 0.25) is 0 Å². The standard InChI is InChI=1S/C20H22N6O2/c1-12-6-7-13(2)16(8-12)25-20(28)24-15-5-3-4-14(9-15)10-22-17-11-23-26-18(17)19(21)27/h3-9,11,22H,10H2,1-2H3,(H2,21,27)(H,23,26)(H2,24,25,28). The first-order valence-corrected chi connectivity index (χ1v) is 8.73. The molecule has 0 spiro atoms. The smallest absolute Gasteiger partial charge is 0.323 e. The highest BCUT2D eigenvalue weighted by Gasteiger charge is 2.10. The number of aromatic amines is 1. The number of aromatic nitrogens is 2. The van der Waals surface area contributed by atoms with E-state index in [2.05, 4.69) is 26.1 Å². The number of hydrogen-bond acceptors (Lipinski definition) is 4. The van der Waals surface area contributed by atoms with Crippen molar-refractivity contribution in [3.05, 3.63) is 71.0 Å². The molecule has 8 heteroatoms. The lowest BCUT2D eigenvalue weighted by atomic mass is 10.1. The van der Waals surface area contributed by atoms with E-state index in [0.29, 0.717) is 17.9 Å². The highest BCUT2D eigenvalue weighted by molar-refractivity contribution is 6.00. The van der Waals surface area contributed by atoms with Crippen LogP contribution in [0.15, 0.2) is 48.7 Å². The number of rotatable bonds is 6. The second-order valence-electron chi connectivity index (χ2n) is 6.47. The molecule has 0 aliphatic rings. The third-order valence-corrected chi connectivity index (χ3v) is 4.19. The van der Waals surface area contributed by atoms with Crippen LogP contribution in [0.5, 0.6) is 0 Å². The van der Waals surface area contributed by atoms with E-state index in [1.165, 1.54) is 6.20 Å². The summed E-state index contributed by atoms with van der Waals surface area (Å²) in [6, 6.07) is 13.0. The van der Waals surface area contributed by atoms with E-state index in [4.69, 9.17) is 5.73 Å². The van der Waals surface area contributed by atoms with Crippen LogP contribution in [-0.2, 0) is 6.54 Å². The van der Waals surface area contributed by atoms with E-state index in [1.54, 1.807) is 6.07 Å². The molecule has 8 nitrogen and oxygen atoms in total. The lowest BCUT2D eigenvalue weighted by Crippen LogP contribution is -2.20. The Morgan fingerprint density at radius 1 is 1.07 bits per heavy atom. The third-order valence-electron chi connectivity index (χ3n) is 4.19. The quantitative estimate of drug-likeness (QED) is 0.451. The molecule has 0 aliphatic carbocycles. The molecule has 0 atom stereocenters. The molecular weight excluding hydrogens is 356 g/mol. The molecule has 3 aromatic rings. The van der Waals surface area contributed by atoms with E-state index >= 15 is 0 Å². The van der Waals surface area contributed by atoms with Crippen LogP contribution in [-0.4, -0.2) is 22.1 Å². The molecule has 3 amide bonds. The molecule has 0 bridgehead atoms. The Labute approximate surface area is 162 Å². The van der Waals surface area contributed by atoms with Gasteiger partial charge in [-0.1, -0.05) is 24.3 Å². The summed E-state index contributed by atoms with van der Waals surface area (Å²) in [7, 11) is 0. The number of nitrogens with one attached hydrogen (secondary N) is 4. The molecule has 0 saturated carbocycles. The Balaban J connectivity index is 1.63. The average Bonchev–Trinajstić information content (AvgIpc) is 3.12. The number of nitrogens with two attached hydrogens (primary N) is 1. The van der Waals surface area contributed by atoms with Crippen molar-refractivity contribution < 1.29 is 9.59 Å². The van der Waals surface area contributed by atoms with Crippen LogP contribution >= 0.6 is 0 Å². The zero-order chi connectivity index (χ0) is 20.1. The van der Waals surface area contributed by atoms with Crippen molar-refractivity contribution in [3.63, 3.8) is 0 Å². The van der Waals surface area contributed by atoms with Crippen molar-refractivity contribution >= 4 is 29.0 Å². The number of nitrogens with zero attached hydrogens (tertiary/aromatic N) is 1. The average molecular weight is 378 g/mol. The zero-order valence-electron chi connectivity index (χ0n) is 15.7. The van der Waals surface area contributed by atoms with Gasteiger partial charge in [-0.2, -0.15) is 5.10 Å². The molecule has 0 aliphatic heterocycles. The monoisotopic (exact) mass is 378 g/mol. The maximum Gasteiger partial charge on any atom is 0.323 e. The molecule has 3 rings (SSSR count). The van der Waals surface area contributed by atoms with E-state index < -0.39 is 5.91 Å². The largest absolute Gasteiger partial charge is 0.378 e. The van der Waals surface area contributed by atoms with Gasteiger partial charge in [-0.15, -0.1) is 0 Å². The first-order chi connectivity index (χ1) is 13.4. The molecule has 2 aromatic carbocycles. The summed E-state index contributed by atoms with van der Waals surface area (Å²) in [4.78, 5) is 23.6. The van der Waals surface area contributed by atoms with Crippen LogP contribution in [0.1, 0.15) is 27.2 Å². The van der Waals surface area contributed by atoms with Crippen LogP contribution in [0.3, 0.4) is 0 Å². The number of benzene rings is 2. The first-order valence-electron chi connectivity index (χ1n) is 8.73. The summed E-state index contributed by atoms with van der Waals surface area (Å²) in [5.41, 5.74) is 10.4. The van der Waals surface area contributed by atoms with Gasteiger partial charge in [-0.3, -0.25) is 9.89 Å². The van der Waals surface area contributed by atoms with Crippen LogP contribution in [0, 0.1) is 13.8 Å². The summed E-state index contributed by atoms with van der Waals surface area (Å²) >= 11 is 0. The maximum absolute atomic E-state index is 12.3. The van der Waals surface area contributed by atoms with Gasteiger partial charge in [0.1, 0.15) is 5.69 Å². The molecule has 28 heavy (non-hydrogen) atoms. The molecule has 0 radical (unpaired) electrons. The molecular formula is C20H22N6O2. The lowest BCUT2D eigenvalue weighted by molar-refractivity contribution is 0.0996. The van der Waals surface area contributed by atoms with Crippen LogP contribution in [0.2, 0.25) is 0 Å². The Morgan fingerprint density at radius 2 is 1.89 bits per heavy atom. The van der Waals surface area contributed by atoms with Crippen molar-refractivity contribution in [2.45, 2.75) is 20.4 Å². The summed E-state index contributed by atoms with van der Waals surface area (Å²) in [5.74, 6) is -0.585. The summed E-state index contributed by atoms with van der Waals surface area (Å²) in [5, 5.41) is 15.2. The Kier molecular flexibility index (Phi) is 5.59. The van der Waals surface area contributed by atoms with Crippen LogP contribution in [0.4, 0.5) is 21.9 Å². The van der Waals surface area contributed by atoms with Crippen LogP contribution in [0.25, 0.3) is 0 Å². The zero-order valence-corrected chi connectivity index (χ0v) is 15.7. The van der Waals surface area contributed by atoms with Gasteiger partial charge in [0, 0.05) is 17.9 Å². The summed E-state index contributed by atoms with van der Waals surface area (Å²) in [6.07, 6.45) is 1.50. The Bertz CT molecular complexity index is 1010. The number of hydrogen-bond donors (Lipinski definition) is 5. The van der Waals surface area contributed by atoms with Crippen LogP contribution < -0.4 is 21.7 Å². The minimum atomic E-state index is -0.585. The fourth-order valence-corrected chi connectivity index (χ4v) is 2.72. The fraction of sp³-hybridized carbons (Fsp3) is 0.150. The summed E-state index contributed by atoms with van der Waals surface area (Å²) in [6.45, 7) is 4.36. The Hall–Kier alpha value is -3.81. The third kappa shape index (κ3) is 4.67. The topological polar surface area (TPSA) is 125 Å². The molecule has 144 valence electrons. The first kappa shape index (κ1) is 19.0. The number of carbonyl (C=O) groups is 2. The number of urea groups is 1. The van der Waals surface area contributed by atoms with Crippen molar-refractivity contribution in [2.24, 2.45) is 5.73 Å². The molecule has 0 fully saturated rings. The molecule has 1 heterocycles. The van der Waals surface area contributed by atoms with Crippen molar-refractivity contribution in [2.75, 3.05) is 16.0 Å². The van der Waals surface area contributed by atoms with Crippen molar-refractivity contribution in [1.82, 2.24) is 10.2 Å². The Morgan fingerprint density at radius 3 is 2.68 bits per heavy atom. The molecule has 1 aromatic heterocycles. The van der Waals surface area contributed by atoms with Gasteiger partial charge in [0.15, 0.2) is 0 Å². The second kappa shape index (κ2) is 8.26. The number of amides is 3. The van der Waals surface area contributed by atoms with E-state index in [9.17, 15) is 9.59 Å². The highest BCUT2D eigenvalue weighted by atomic mass is 16.2. The predicted molar refractivity (Wildman–Crippen MR) is 109 cm³/mol. The second-order valence-corrected chi connectivity index (χ2v) is 6.47. The lowest BCUT2D eigenvalue weighted by Gasteiger charge is -2.12. The number of H-pyrrole nitrogens is 1. The van der Waals surface area contributed by atoms with Gasteiger partial charge in [0.25, 0.3) is 5.91 Å². The number of carbonyl (C=O) groups excluding carboxylic acids is 2. The fourth-order valence-electron chi connectivity index (χ4n) is 2.72. The molecule has 6 N–H and O–H groups in total.